The number of benzene rings is 1. The van der Waals surface area contributed by atoms with Gasteiger partial charge in [-0.2, -0.15) is 0 Å². The van der Waals surface area contributed by atoms with Crippen molar-refractivity contribution in [2.24, 2.45) is 0 Å². The zero-order valence-electron chi connectivity index (χ0n) is 14.0. The van der Waals surface area contributed by atoms with Crippen LogP contribution in [0.5, 0.6) is 5.75 Å². The highest BCUT2D eigenvalue weighted by Crippen LogP contribution is 2.20. The first-order chi connectivity index (χ1) is 12.2. The van der Waals surface area contributed by atoms with E-state index in [0.29, 0.717) is 36.7 Å². The van der Waals surface area contributed by atoms with Crippen LogP contribution in [-0.2, 0) is 11.3 Å². The third kappa shape index (κ3) is 4.12. The van der Waals surface area contributed by atoms with Crippen molar-refractivity contribution in [2.45, 2.75) is 25.4 Å². The van der Waals surface area contributed by atoms with Gasteiger partial charge in [-0.25, -0.2) is 4.79 Å². The van der Waals surface area contributed by atoms with Gasteiger partial charge in [-0.1, -0.05) is 0 Å². The molecule has 25 heavy (non-hydrogen) atoms. The summed E-state index contributed by atoms with van der Waals surface area (Å²) in [6, 6.07) is 9.89. The summed E-state index contributed by atoms with van der Waals surface area (Å²) < 4.78 is 10.3. The first-order valence-corrected chi connectivity index (χ1v) is 8.19. The Morgan fingerprint density at radius 1 is 1.28 bits per heavy atom. The number of carbonyl (C=O) groups is 2. The zero-order chi connectivity index (χ0) is 17.6. The lowest BCUT2D eigenvalue weighted by Gasteiger charge is -2.24. The van der Waals surface area contributed by atoms with Crippen molar-refractivity contribution in [3.05, 3.63) is 48.4 Å². The molecule has 2 aromatic rings. The minimum Gasteiger partial charge on any atom is -0.497 e. The molecule has 0 radical (unpaired) electrons. The van der Waals surface area contributed by atoms with Gasteiger partial charge in [0.2, 0.25) is 5.91 Å². The van der Waals surface area contributed by atoms with Crippen LogP contribution < -0.4 is 15.4 Å². The number of carbonyl (C=O) groups excluding carboxylic acids is 2. The maximum Gasteiger partial charge on any atom is 0.322 e. The molecular formula is C18H21N3O4. The summed E-state index contributed by atoms with van der Waals surface area (Å²) in [5.74, 6) is 1.23. The molecule has 0 unspecified atom stereocenters. The van der Waals surface area contributed by atoms with E-state index in [2.05, 4.69) is 10.6 Å². The number of likely N-dealkylation sites (tertiary alicyclic amines) is 1. The Balaban J connectivity index is 1.57. The van der Waals surface area contributed by atoms with Crippen molar-refractivity contribution in [2.75, 3.05) is 19.0 Å². The van der Waals surface area contributed by atoms with Gasteiger partial charge in [-0.15, -0.1) is 0 Å². The van der Waals surface area contributed by atoms with Crippen LogP contribution in [0.4, 0.5) is 10.5 Å². The molecule has 132 valence electrons. The van der Waals surface area contributed by atoms with Crippen LogP contribution in [0.2, 0.25) is 0 Å². The van der Waals surface area contributed by atoms with Crippen molar-refractivity contribution in [3.8, 4) is 5.75 Å². The molecule has 2 heterocycles. The molecule has 1 aliphatic rings. The third-order valence-electron chi connectivity index (χ3n) is 4.17. The number of nitrogens with zero attached hydrogens (tertiary/aromatic N) is 1. The normalized spacial score (nSPS) is 16.5. The van der Waals surface area contributed by atoms with Gasteiger partial charge in [0.15, 0.2) is 0 Å². The largest absolute Gasteiger partial charge is 0.497 e. The first kappa shape index (κ1) is 16.9. The SMILES string of the molecule is COc1ccc(NC(=O)N2CCC[C@@H]2C(=O)NCc2ccco2)cc1. The molecule has 0 spiro atoms. The van der Waals surface area contributed by atoms with E-state index >= 15 is 0 Å². The lowest BCUT2D eigenvalue weighted by atomic mass is 10.2. The van der Waals surface area contributed by atoms with Gasteiger partial charge < -0.3 is 24.7 Å². The highest BCUT2D eigenvalue weighted by Gasteiger charge is 2.34. The van der Waals surface area contributed by atoms with E-state index in [1.54, 1.807) is 54.7 Å². The Morgan fingerprint density at radius 3 is 2.76 bits per heavy atom. The number of ether oxygens (including phenoxy) is 1. The highest BCUT2D eigenvalue weighted by molar-refractivity contribution is 5.94. The molecule has 1 aromatic heterocycles. The van der Waals surface area contributed by atoms with Crippen molar-refractivity contribution in [1.82, 2.24) is 10.2 Å². The van der Waals surface area contributed by atoms with E-state index in [1.165, 1.54) is 0 Å². The maximum absolute atomic E-state index is 12.5. The second-order valence-corrected chi connectivity index (χ2v) is 5.81. The number of rotatable bonds is 5. The summed E-state index contributed by atoms with van der Waals surface area (Å²) in [6.07, 6.45) is 3.01. The van der Waals surface area contributed by atoms with E-state index in [4.69, 9.17) is 9.15 Å². The predicted octanol–water partition coefficient (Wildman–Crippen LogP) is 2.60. The van der Waals surface area contributed by atoms with Gasteiger partial charge in [-0.3, -0.25) is 4.79 Å². The summed E-state index contributed by atoms with van der Waals surface area (Å²) in [6.45, 7) is 0.872. The van der Waals surface area contributed by atoms with E-state index in [-0.39, 0.29) is 11.9 Å². The Morgan fingerprint density at radius 2 is 2.08 bits per heavy atom. The summed E-state index contributed by atoms with van der Waals surface area (Å²) >= 11 is 0. The standard InChI is InChI=1S/C18H21N3O4/c1-24-14-8-6-13(7-9-14)20-18(23)21-10-2-5-16(21)17(22)19-12-15-4-3-11-25-15/h3-4,6-9,11,16H,2,5,10,12H2,1H3,(H,19,22)(H,20,23)/t16-/m1/s1. The van der Waals surface area contributed by atoms with E-state index in [1.807, 2.05) is 0 Å². The molecule has 7 nitrogen and oxygen atoms in total. The minimum absolute atomic E-state index is 0.168. The van der Waals surface area contributed by atoms with Gasteiger partial charge in [-0.05, 0) is 49.2 Å². The zero-order valence-corrected chi connectivity index (χ0v) is 14.0. The Bertz CT molecular complexity index is 712. The molecule has 0 saturated carbocycles. The second-order valence-electron chi connectivity index (χ2n) is 5.81. The van der Waals surface area contributed by atoms with Crippen LogP contribution in [0.1, 0.15) is 18.6 Å². The average Bonchev–Trinajstić information content (AvgIpc) is 3.32. The van der Waals surface area contributed by atoms with E-state index in [9.17, 15) is 9.59 Å². The molecule has 0 aliphatic carbocycles. The topological polar surface area (TPSA) is 83.8 Å². The van der Waals surface area contributed by atoms with Crippen LogP contribution in [0.25, 0.3) is 0 Å². The van der Waals surface area contributed by atoms with Crippen molar-refractivity contribution >= 4 is 17.6 Å². The first-order valence-electron chi connectivity index (χ1n) is 8.19. The Hall–Kier alpha value is -2.96. The summed E-state index contributed by atoms with van der Waals surface area (Å²) in [7, 11) is 1.59. The van der Waals surface area contributed by atoms with Gasteiger partial charge in [0, 0.05) is 12.2 Å². The van der Waals surface area contributed by atoms with E-state index < -0.39 is 6.04 Å². The Kier molecular flexibility index (Phi) is 5.23. The molecule has 3 rings (SSSR count). The van der Waals surface area contributed by atoms with Crippen LogP contribution >= 0.6 is 0 Å². The molecule has 1 aliphatic heterocycles. The van der Waals surface area contributed by atoms with Crippen molar-refractivity contribution in [1.29, 1.82) is 0 Å². The van der Waals surface area contributed by atoms with Crippen LogP contribution in [0.3, 0.4) is 0 Å². The average molecular weight is 343 g/mol. The van der Waals surface area contributed by atoms with Gasteiger partial charge in [0.05, 0.1) is 19.9 Å². The van der Waals surface area contributed by atoms with Crippen LogP contribution in [0.15, 0.2) is 47.1 Å². The minimum atomic E-state index is -0.465. The molecule has 1 saturated heterocycles. The van der Waals surface area contributed by atoms with Crippen LogP contribution in [0, 0.1) is 0 Å². The number of amides is 3. The van der Waals surface area contributed by atoms with Gasteiger partial charge in [0.25, 0.3) is 0 Å². The molecule has 0 bridgehead atoms. The predicted molar refractivity (Wildman–Crippen MR) is 92.3 cm³/mol. The monoisotopic (exact) mass is 343 g/mol. The summed E-state index contributed by atoms with van der Waals surface area (Å²) in [5.41, 5.74) is 0.660. The fourth-order valence-electron chi connectivity index (χ4n) is 2.86. The summed E-state index contributed by atoms with van der Waals surface area (Å²) in [5, 5.41) is 5.64. The van der Waals surface area contributed by atoms with Crippen molar-refractivity contribution in [3.63, 3.8) is 0 Å². The quantitative estimate of drug-likeness (QED) is 0.874. The number of methoxy groups -OCH3 is 1. The number of furan rings is 1. The molecule has 3 amide bonds. The fraction of sp³-hybridized carbons (Fsp3) is 0.333. The molecule has 2 N–H and O–H groups in total. The highest BCUT2D eigenvalue weighted by atomic mass is 16.5. The van der Waals surface area contributed by atoms with Crippen molar-refractivity contribution < 1.29 is 18.7 Å². The molecule has 1 aromatic carbocycles. The van der Waals surface area contributed by atoms with Gasteiger partial charge in [0.1, 0.15) is 17.6 Å². The number of anilines is 1. The summed E-state index contributed by atoms with van der Waals surface area (Å²) in [4.78, 5) is 26.5. The lowest BCUT2D eigenvalue weighted by molar-refractivity contribution is -0.124. The van der Waals surface area contributed by atoms with E-state index in [0.717, 1.165) is 6.42 Å². The second kappa shape index (κ2) is 7.74. The molecular weight excluding hydrogens is 322 g/mol. The third-order valence-corrected chi connectivity index (χ3v) is 4.17. The molecule has 1 fully saturated rings. The smallest absolute Gasteiger partial charge is 0.322 e. The van der Waals surface area contributed by atoms with Gasteiger partial charge >= 0.3 is 6.03 Å². The maximum atomic E-state index is 12.5. The number of urea groups is 1. The lowest BCUT2D eigenvalue weighted by Crippen LogP contribution is -2.47. The number of nitrogens with one attached hydrogen (secondary N) is 2. The Labute approximate surface area is 145 Å². The molecule has 7 heteroatoms. The fourth-order valence-corrected chi connectivity index (χ4v) is 2.86. The molecule has 1 atom stereocenters. The number of hydrogen-bond donors (Lipinski definition) is 2. The van der Waals surface area contributed by atoms with Crippen LogP contribution in [-0.4, -0.2) is 36.5 Å². The number of hydrogen-bond acceptors (Lipinski definition) is 4.